The van der Waals surface area contributed by atoms with Crippen molar-refractivity contribution in [1.29, 1.82) is 0 Å². The van der Waals surface area contributed by atoms with Gasteiger partial charge in [0.05, 0.1) is 10.0 Å². The zero-order valence-corrected chi connectivity index (χ0v) is 21.5. The van der Waals surface area contributed by atoms with Crippen LogP contribution >= 0.6 is 46.6 Å². The maximum atomic E-state index is 11.5. The summed E-state index contributed by atoms with van der Waals surface area (Å²) < 4.78 is 7.69. The molecule has 3 aromatic carbocycles. The average Bonchev–Trinajstić information content (AvgIpc) is 3.19. The Kier molecular flexibility index (Phi) is 8.18. The summed E-state index contributed by atoms with van der Waals surface area (Å²) in [6.45, 7) is 1.71. The highest BCUT2D eigenvalue weighted by Gasteiger charge is 2.25. The van der Waals surface area contributed by atoms with Crippen molar-refractivity contribution in [3.05, 3.63) is 109 Å². The van der Waals surface area contributed by atoms with Gasteiger partial charge in [-0.25, -0.2) is 0 Å². The van der Waals surface area contributed by atoms with E-state index in [9.17, 15) is 10.1 Å². The first-order chi connectivity index (χ1) is 16.8. The van der Waals surface area contributed by atoms with Crippen LogP contribution in [-0.2, 0) is 6.61 Å². The molecule has 7 nitrogen and oxygen atoms in total. The van der Waals surface area contributed by atoms with E-state index in [1.807, 2.05) is 54.0 Å². The predicted octanol–water partition coefficient (Wildman–Crippen LogP) is 7.23. The Balaban J connectivity index is 1.61. The minimum atomic E-state index is -0.614. The molecule has 0 aliphatic carbocycles. The summed E-state index contributed by atoms with van der Waals surface area (Å²) in [6.07, 6.45) is 0. The van der Waals surface area contributed by atoms with Gasteiger partial charge >= 0.3 is 0 Å². The number of aromatic nitrogens is 3. The third-order valence-corrected chi connectivity index (χ3v) is 7.06. The van der Waals surface area contributed by atoms with Gasteiger partial charge in [0.2, 0.25) is 6.54 Å². The van der Waals surface area contributed by atoms with E-state index in [1.54, 1.807) is 24.3 Å². The van der Waals surface area contributed by atoms with Crippen molar-refractivity contribution < 1.29 is 9.66 Å². The van der Waals surface area contributed by atoms with Crippen LogP contribution < -0.4 is 4.74 Å². The van der Waals surface area contributed by atoms with Gasteiger partial charge in [0, 0.05) is 15.6 Å². The van der Waals surface area contributed by atoms with E-state index in [0.29, 0.717) is 27.3 Å². The Hall–Kier alpha value is -2.78. The monoisotopic (exact) mass is 548 g/mol. The minimum Gasteiger partial charge on any atom is -0.486 e. The summed E-state index contributed by atoms with van der Waals surface area (Å²) in [6, 6.07) is 20.0. The van der Waals surface area contributed by atoms with Gasteiger partial charge in [-0.1, -0.05) is 76.9 Å². The van der Waals surface area contributed by atoms with Crippen LogP contribution in [0.3, 0.4) is 0 Å². The lowest BCUT2D eigenvalue weighted by Crippen LogP contribution is -2.11. The molecule has 35 heavy (non-hydrogen) atoms. The number of halogens is 3. The lowest BCUT2D eigenvalue weighted by Gasteiger charge is -2.17. The Morgan fingerprint density at radius 1 is 1.03 bits per heavy atom. The molecule has 0 N–H and O–H groups in total. The fourth-order valence-corrected chi connectivity index (χ4v) is 5.30. The summed E-state index contributed by atoms with van der Waals surface area (Å²) in [4.78, 5) is 11.1. The SMILES string of the molecule is Cc1nnc(S[C@@H](C[N+](=O)[O-])c2cc(Cl)c(OCc3ccc(Cl)cc3)c(Cl)c2)n1-c1ccccc1. The highest BCUT2D eigenvalue weighted by Crippen LogP contribution is 2.42. The van der Waals surface area contributed by atoms with Gasteiger partial charge in [0.25, 0.3) is 0 Å². The Bertz CT molecular complexity index is 1310. The molecule has 1 heterocycles. The zero-order chi connectivity index (χ0) is 24.9. The minimum absolute atomic E-state index is 0.239. The normalized spacial score (nSPS) is 11.9. The first kappa shape index (κ1) is 25.3. The van der Waals surface area contributed by atoms with Crippen LogP contribution in [0.4, 0.5) is 0 Å². The molecule has 0 aliphatic heterocycles. The second-order valence-electron chi connectivity index (χ2n) is 7.55. The second-order valence-corrected chi connectivity index (χ2v) is 9.97. The number of rotatable bonds is 9. The molecule has 0 fully saturated rings. The topological polar surface area (TPSA) is 83.1 Å². The number of hydrogen-bond donors (Lipinski definition) is 0. The average molecular weight is 550 g/mol. The van der Waals surface area contributed by atoms with Crippen LogP contribution in [0.1, 0.15) is 22.2 Å². The van der Waals surface area contributed by atoms with Gasteiger partial charge < -0.3 is 4.74 Å². The number of para-hydroxylation sites is 1. The van der Waals surface area contributed by atoms with Crippen molar-refractivity contribution >= 4 is 46.6 Å². The molecule has 0 saturated carbocycles. The Morgan fingerprint density at radius 2 is 1.69 bits per heavy atom. The third kappa shape index (κ3) is 6.27. The fourth-order valence-electron chi connectivity index (χ4n) is 3.41. The molecule has 180 valence electrons. The highest BCUT2D eigenvalue weighted by atomic mass is 35.5. The third-order valence-electron chi connectivity index (χ3n) is 5.06. The lowest BCUT2D eigenvalue weighted by atomic mass is 10.1. The molecule has 1 aromatic heterocycles. The predicted molar refractivity (Wildman–Crippen MR) is 139 cm³/mol. The maximum Gasteiger partial charge on any atom is 0.220 e. The standard InChI is InChI=1S/C24H19Cl3N4O3S/c1-15-28-29-24(31(15)19-5-3-2-4-6-19)35-22(13-30(32)33)17-11-20(26)23(21(27)12-17)34-14-16-7-9-18(25)10-8-16/h2-12,22H,13-14H2,1H3/t22-/m0/s1. The van der Waals surface area contributed by atoms with Gasteiger partial charge in [-0.3, -0.25) is 14.7 Å². The molecule has 0 radical (unpaired) electrons. The molecule has 4 rings (SSSR count). The van der Waals surface area contributed by atoms with Crippen molar-refractivity contribution in [1.82, 2.24) is 14.8 Å². The number of aryl methyl sites for hydroxylation is 1. The van der Waals surface area contributed by atoms with E-state index < -0.39 is 5.25 Å². The van der Waals surface area contributed by atoms with E-state index in [0.717, 1.165) is 11.3 Å². The summed E-state index contributed by atoms with van der Waals surface area (Å²) in [5.74, 6) is 0.973. The molecule has 11 heteroatoms. The molecule has 0 bridgehead atoms. The first-order valence-electron chi connectivity index (χ1n) is 10.4. The van der Waals surface area contributed by atoms with Crippen LogP contribution in [-0.4, -0.2) is 26.2 Å². The molecule has 1 atom stereocenters. The highest BCUT2D eigenvalue weighted by molar-refractivity contribution is 7.99. The number of thioether (sulfide) groups is 1. The van der Waals surface area contributed by atoms with Gasteiger partial charge in [0.15, 0.2) is 10.9 Å². The summed E-state index contributed by atoms with van der Waals surface area (Å²) in [7, 11) is 0. The molecular weight excluding hydrogens is 531 g/mol. The van der Waals surface area contributed by atoms with Crippen molar-refractivity contribution in [3.8, 4) is 11.4 Å². The number of hydrogen-bond acceptors (Lipinski definition) is 6. The van der Waals surface area contributed by atoms with Crippen LogP contribution in [0.5, 0.6) is 5.75 Å². The van der Waals surface area contributed by atoms with Crippen LogP contribution in [0.15, 0.2) is 71.9 Å². The van der Waals surface area contributed by atoms with E-state index in [4.69, 9.17) is 39.5 Å². The smallest absolute Gasteiger partial charge is 0.220 e. The molecule has 4 aromatic rings. The largest absolute Gasteiger partial charge is 0.486 e. The lowest BCUT2D eigenvalue weighted by molar-refractivity contribution is -0.479. The molecule has 0 saturated heterocycles. The fraction of sp³-hybridized carbons (Fsp3) is 0.167. The van der Waals surface area contributed by atoms with E-state index in [-0.39, 0.29) is 28.1 Å². The Morgan fingerprint density at radius 3 is 2.31 bits per heavy atom. The van der Waals surface area contributed by atoms with Crippen LogP contribution in [0, 0.1) is 17.0 Å². The number of nitro groups is 1. The number of benzene rings is 3. The van der Waals surface area contributed by atoms with Crippen molar-refractivity contribution in [2.75, 3.05) is 6.54 Å². The van der Waals surface area contributed by atoms with Crippen molar-refractivity contribution in [2.45, 2.75) is 23.9 Å². The summed E-state index contributed by atoms with van der Waals surface area (Å²) >= 11 is 20.1. The molecular formula is C24H19Cl3N4O3S. The van der Waals surface area contributed by atoms with Gasteiger partial charge in [-0.2, -0.15) is 0 Å². The van der Waals surface area contributed by atoms with E-state index in [2.05, 4.69) is 10.2 Å². The molecule has 0 unspecified atom stereocenters. The zero-order valence-electron chi connectivity index (χ0n) is 18.4. The van der Waals surface area contributed by atoms with Crippen LogP contribution in [0.25, 0.3) is 5.69 Å². The Labute approximate surface area is 221 Å². The van der Waals surface area contributed by atoms with Crippen molar-refractivity contribution in [2.24, 2.45) is 0 Å². The molecule has 0 aliphatic rings. The summed E-state index contributed by atoms with van der Waals surface area (Å²) in [5.41, 5.74) is 2.34. The van der Waals surface area contributed by atoms with Gasteiger partial charge in [-0.05, 0) is 54.4 Å². The summed E-state index contributed by atoms with van der Waals surface area (Å²) in [5, 5.41) is 21.0. The second kappa shape index (κ2) is 11.3. The van der Waals surface area contributed by atoms with Crippen LogP contribution in [0.2, 0.25) is 15.1 Å². The van der Waals surface area contributed by atoms with Gasteiger partial charge in [0.1, 0.15) is 17.7 Å². The molecule has 0 spiro atoms. The van der Waals surface area contributed by atoms with Gasteiger partial charge in [-0.15, -0.1) is 10.2 Å². The van der Waals surface area contributed by atoms with Crippen molar-refractivity contribution in [3.63, 3.8) is 0 Å². The van der Waals surface area contributed by atoms with E-state index >= 15 is 0 Å². The number of ether oxygens (including phenoxy) is 1. The quantitative estimate of drug-likeness (QED) is 0.124. The molecule has 0 amide bonds. The maximum absolute atomic E-state index is 11.5. The number of nitrogens with zero attached hydrogens (tertiary/aromatic N) is 4. The van der Waals surface area contributed by atoms with E-state index in [1.165, 1.54) is 11.8 Å². The first-order valence-corrected chi connectivity index (χ1v) is 12.4.